The van der Waals surface area contributed by atoms with Crippen LogP contribution in [0.5, 0.6) is 11.5 Å². The molecule has 4 aromatic rings. The van der Waals surface area contributed by atoms with E-state index in [0.29, 0.717) is 23.2 Å². The molecule has 2 N–H and O–H groups in total. The lowest BCUT2D eigenvalue weighted by molar-refractivity contribution is 0.223. The molecule has 7 nitrogen and oxygen atoms in total. The molecule has 0 aliphatic heterocycles. The van der Waals surface area contributed by atoms with Gasteiger partial charge in [0.15, 0.2) is 0 Å². The number of halogens is 1. The number of aromatic nitrogens is 3. The zero-order valence-electron chi connectivity index (χ0n) is 17.9. The summed E-state index contributed by atoms with van der Waals surface area (Å²) < 4.78 is 11.9. The number of hydrogen-bond donors (Lipinski definition) is 2. The third kappa shape index (κ3) is 5.25. The van der Waals surface area contributed by atoms with Gasteiger partial charge >= 0.3 is 0 Å². The van der Waals surface area contributed by atoms with Crippen molar-refractivity contribution in [1.29, 1.82) is 0 Å². The van der Waals surface area contributed by atoms with Crippen LogP contribution in [-0.2, 0) is 6.61 Å². The lowest BCUT2D eigenvalue weighted by atomic mass is 10.2. The molecule has 0 unspecified atom stereocenters. The Bertz CT molecular complexity index is 1180. The summed E-state index contributed by atoms with van der Waals surface area (Å²) in [6.45, 7) is 3.08. The predicted octanol–water partition coefficient (Wildman–Crippen LogP) is 4.99. The lowest BCUT2D eigenvalue weighted by Gasteiger charge is -2.17. The van der Waals surface area contributed by atoms with Crippen LogP contribution in [0.25, 0.3) is 10.9 Å². The maximum Gasteiger partial charge on any atom is 0.145 e. The maximum atomic E-state index is 6.47. The van der Waals surface area contributed by atoms with Crippen LogP contribution >= 0.6 is 11.6 Å². The number of anilines is 2. The van der Waals surface area contributed by atoms with Gasteiger partial charge < -0.3 is 20.1 Å². The Balaban J connectivity index is 1.56. The maximum absolute atomic E-state index is 6.47. The zero-order valence-corrected chi connectivity index (χ0v) is 18.6. The van der Waals surface area contributed by atoms with Crippen LogP contribution in [0.3, 0.4) is 0 Å². The smallest absolute Gasteiger partial charge is 0.145 e. The molecule has 0 amide bonds. The Morgan fingerprint density at radius 1 is 1.00 bits per heavy atom. The van der Waals surface area contributed by atoms with Crippen molar-refractivity contribution in [2.24, 2.45) is 0 Å². The fourth-order valence-corrected chi connectivity index (χ4v) is 3.52. The fraction of sp³-hybridized carbons (Fsp3) is 0.208. The minimum absolute atomic E-state index is 0.0105. The molecular formula is C24H24ClN5O2. The van der Waals surface area contributed by atoms with E-state index in [0.717, 1.165) is 34.6 Å². The third-order valence-corrected chi connectivity index (χ3v) is 5.04. The summed E-state index contributed by atoms with van der Waals surface area (Å²) in [6.07, 6.45) is 3.25. The summed E-state index contributed by atoms with van der Waals surface area (Å²) in [6, 6.07) is 17.0. The fourth-order valence-electron chi connectivity index (χ4n) is 3.28. The van der Waals surface area contributed by atoms with Gasteiger partial charge in [-0.2, -0.15) is 0 Å². The van der Waals surface area contributed by atoms with Gasteiger partial charge in [-0.25, -0.2) is 9.97 Å². The standard InChI is InChI=1S/C24H24ClN5O2/c1-16(13-26-2)32-22-8-5-7-20-23(22)24(29-15-28-20)30-17-9-10-21(19(25)12-17)31-14-18-6-3-4-11-27-18/h3-12,15-16,26H,13-14H2,1-2H3,(H,28,29,30)/t16-/m1/s1. The minimum atomic E-state index is -0.0105. The van der Waals surface area contributed by atoms with E-state index in [-0.39, 0.29) is 6.10 Å². The Labute approximate surface area is 191 Å². The molecule has 0 radical (unpaired) electrons. The molecule has 2 aromatic heterocycles. The van der Waals surface area contributed by atoms with E-state index in [1.807, 2.05) is 62.5 Å². The van der Waals surface area contributed by atoms with E-state index >= 15 is 0 Å². The molecule has 4 rings (SSSR count). The van der Waals surface area contributed by atoms with Crippen molar-refractivity contribution in [2.45, 2.75) is 19.6 Å². The number of pyridine rings is 1. The van der Waals surface area contributed by atoms with Gasteiger partial charge in [-0.3, -0.25) is 4.98 Å². The molecule has 164 valence electrons. The van der Waals surface area contributed by atoms with Crippen molar-refractivity contribution in [3.63, 3.8) is 0 Å². The van der Waals surface area contributed by atoms with E-state index in [2.05, 4.69) is 25.6 Å². The first-order valence-corrected chi connectivity index (χ1v) is 10.7. The van der Waals surface area contributed by atoms with Gasteiger partial charge in [0.1, 0.15) is 36.4 Å². The van der Waals surface area contributed by atoms with Gasteiger partial charge in [0.05, 0.1) is 21.6 Å². The van der Waals surface area contributed by atoms with Crippen molar-refractivity contribution < 1.29 is 9.47 Å². The Morgan fingerprint density at radius 2 is 1.91 bits per heavy atom. The van der Waals surface area contributed by atoms with E-state index in [1.54, 1.807) is 12.3 Å². The third-order valence-electron chi connectivity index (χ3n) is 4.74. The topological polar surface area (TPSA) is 81.2 Å². The highest BCUT2D eigenvalue weighted by Gasteiger charge is 2.13. The normalized spacial score (nSPS) is 11.8. The number of likely N-dealkylation sites (N-methyl/N-ethyl adjacent to an activating group) is 1. The van der Waals surface area contributed by atoms with E-state index in [4.69, 9.17) is 21.1 Å². The molecule has 1 atom stereocenters. The van der Waals surface area contributed by atoms with Crippen molar-refractivity contribution in [3.8, 4) is 11.5 Å². The molecule has 0 saturated heterocycles. The molecule has 32 heavy (non-hydrogen) atoms. The number of nitrogens with zero attached hydrogens (tertiary/aromatic N) is 3. The molecule has 0 aliphatic rings. The van der Waals surface area contributed by atoms with E-state index in [1.165, 1.54) is 6.33 Å². The van der Waals surface area contributed by atoms with Crippen LogP contribution in [0.1, 0.15) is 12.6 Å². The minimum Gasteiger partial charge on any atom is -0.489 e. The highest BCUT2D eigenvalue weighted by atomic mass is 35.5. The van der Waals surface area contributed by atoms with E-state index < -0.39 is 0 Å². The van der Waals surface area contributed by atoms with Crippen LogP contribution in [0.4, 0.5) is 11.5 Å². The van der Waals surface area contributed by atoms with Crippen molar-refractivity contribution in [2.75, 3.05) is 18.9 Å². The number of benzene rings is 2. The number of nitrogens with one attached hydrogen (secondary N) is 2. The summed E-state index contributed by atoms with van der Waals surface area (Å²) in [5.41, 5.74) is 2.40. The second-order valence-corrected chi connectivity index (χ2v) is 7.65. The Hall–Kier alpha value is -3.42. The molecule has 0 bridgehead atoms. The summed E-state index contributed by atoms with van der Waals surface area (Å²) in [4.78, 5) is 13.1. The quantitative estimate of drug-likeness (QED) is 0.372. The number of rotatable bonds is 9. The highest BCUT2D eigenvalue weighted by Crippen LogP contribution is 2.34. The SMILES string of the molecule is CNC[C@@H](C)Oc1cccc2ncnc(Nc3ccc(OCc4ccccn4)c(Cl)c3)c12. The van der Waals surface area contributed by atoms with Crippen molar-refractivity contribution in [1.82, 2.24) is 20.3 Å². The number of fused-ring (bicyclic) bond motifs is 1. The molecule has 0 saturated carbocycles. The van der Waals surface area contributed by atoms with E-state index in [9.17, 15) is 0 Å². The molecule has 0 aliphatic carbocycles. The molecule has 2 aromatic carbocycles. The average molecular weight is 450 g/mol. The first-order chi connectivity index (χ1) is 15.6. The van der Waals surface area contributed by atoms with Gasteiger partial charge in [-0.05, 0) is 56.4 Å². The van der Waals surface area contributed by atoms with Gasteiger partial charge in [0, 0.05) is 18.4 Å². The number of hydrogen-bond acceptors (Lipinski definition) is 7. The predicted molar refractivity (Wildman–Crippen MR) is 127 cm³/mol. The monoisotopic (exact) mass is 449 g/mol. The van der Waals surface area contributed by atoms with Crippen LogP contribution in [0.15, 0.2) is 67.1 Å². The first kappa shape index (κ1) is 21.8. The summed E-state index contributed by atoms with van der Waals surface area (Å²) >= 11 is 6.47. The Morgan fingerprint density at radius 3 is 2.69 bits per heavy atom. The number of ether oxygens (including phenoxy) is 2. The molecule has 8 heteroatoms. The van der Waals surface area contributed by atoms with Crippen LogP contribution in [0, 0.1) is 0 Å². The van der Waals surface area contributed by atoms with Gasteiger partial charge in [-0.1, -0.05) is 23.7 Å². The molecular weight excluding hydrogens is 426 g/mol. The van der Waals surface area contributed by atoms with Crippen molar-refractivity contribution in [3.05, 3.63) is 77.8 Å². The second kappa shape index (κ2) is 10.3. The largest absolute Gasteiger partial charge is 0.489 e. The lowest BCUT2D eigenvalue weighted by Crippen LogP contribution is -2.26. The van der Waals surface area contributed by atoms with Gasteiger partial charge in [0.2, 0.25) is 0 Å². The van der Waals surface area contributed by atoms with Crippen LogP contribution in [0.2, 0.25) is 5.02 Å². The molecule has 0 spiro atoms. The first-order valence-electron chi connectivity index (χ1n) is 10.3. The zero-order chi connectivity index (χ0) is 22.3. The van der Waals surface area contributed by atoms with Gasteiger partial charge in [0.25, 0.3) is 0 Å². The highest BCUT2D eigenvalue weighted by molar-refractivity contribution is 6.32. The van der Waals surface area contributed by atoms with Gasteiger partial charge in [-0.15, -0.1) is 0 Å². The second-order valence-electron chi connectivity index (χ2n) is 7.24. The van der Waals surface area contributed by atoms with Crippen LogP contribution in [-0.4, -0.2) is 34.6 Å². The summed E-state index contributed by atoms with van der Waals surface area (Å²) in [5.74, 6) is 1.94. The van der Waals surface area contributed by atoms with Crippen LogP contribution < -0.4 is 20.1 Å². The summed E-state index contributed by atoms with van der Waals surface area (Å²) in [5, 5.41) is 7.75. The van der Waals surface area contributed by atoms with Crippen molar-refractivity contribution >= 4 is 34.0 Å². The summed E-state index contributed by atoms with van der Waals surface area (Å²) in [7, 11) is 1.90. The average Bonchev–Trinajstić information content (AvgIpc) is 2.80. The molecule has 0 fully saturated rings. The molecule has 2 heterocycles. The Kier molecular flexibility index (Phi) is 6.99.